The number of alkyl halides is 6. The van der Waals surface area contributed by atoms with E-state index in [1.54, 1.807) is 24.3 Å². The number of benzene rings is 4. The van der Waals surface area contributed by atoms with E-state index in [9.17, 15) is 34.8 Å². The number of nitrogens with one attached hydrogen (secondary N) is 1. The Bertz CT molecular complexity index is 1770. The van der Waals surface area contributed by atoms with E-state index in [1.807, 2.05) is 43.3 Å². The van der Waals surface area contributed by atoms with Gasteiger partial charge in [-0.25, -0.2) is 13.2 Å². The zero-order valence-corrected chi connectivity index (χ0v) is 28.5. The van der Waals surface area contributed by atoms with Crippen LogP contribution in [0.15, 0.2) is 97.1 Å². The van der Waals surface area contributed by atoms with Gasteiger partial charge in [0.2, 0.25) is 10.0 Å². The van der Waals surface area contributed by atoms with Crippen LogP contribution in [0.3, 0.4) is 0 Å². The topological polar surface area (TPSA) is 95.9 Å². The number of ether oxygens (including phenoxy) is 1. The van der Waals surface area contributed by atoms with Crippen LogP contribution in [0.2, 0.25) is 5.02 Å². The largest absolute Gasteiger partial charge is 0.493 e. The highest BCUT2D eigenvalue weighted by atomic mass is 35.5. The quantitative estimate of drug-likeness (QED) is 0.105. The fraction of sp³-hybridized carbons (Fsp3) is 0.286. The number of rotatable bonds is 13. The van der Waals surface area contributed by atoms with Gasteiger partial charge in [-0.3, -0.25) is 9.62 Å². The van der Waals surface area contributed by atoms with Crippen LogP contribution in [0.25, 0.3) is 0 Å². The molecule has 0 aliphatic heterocycles. The van der Waals surface area contributed by atoms with Crippen molar-refractivity contribution >= 4 is 33.3 Å². The minimum absolute atomic E-state index is 0.0334. The Balaban J connectivity index is 0.000000872. The molecule has 4 aromatic rings. The number of hydrogen-bond acceptors (Lipinski definition) is 5. The normalized spacial score (nSPS) is 12.0. The zero-order valence-electron chi connectivity index (χ0n) is 26.9. The summed E-state index contributed by atoms with van der Waals surface area (Å²) < 4.78 is 104. The van der Waals surface area contributed by atoms with Crippen molar-refractivity contribution < 1.29 is 49.4 Å². The summed E-state index contributed by atoms with van der Waals surface area (Å²) in [6.45, 7) is 3.45. The lowest BCUT2D eigenvalue weighted by atomic mass is 9.90. The Morgan fingerprint density at radius 1 is 0.900 bits per heavy atom. The lowest BCUT2D eigenvalue weighted by molar-refractivity contribution is -0.192. The van der Waals surface area contributed by atoms with Crippen LogP contribution in [0.1, 0.15) is 40.2 Å². The van der Waals surface area contributed by atoms with Crippen LogP contribution >= 0.6 is 11.6 Å². The minimum Gasteiger partial charge on any atom is -0.493 e. The molecule has 0 atom stereocenters. The molecule has 0 bridgehead atoms. The average Bonchev–Trinajstić information content (AvgIpc) is 3.03. The Kier molecular flexibility index (Phi) is 14.1. The first-order valence-corrected chi connectivity index (χ1v) is 17.3. The third-order valence-corrected chi connectivity index (χ3v) is 8.29. The van der Waals surface area contributed by atoms with E-state index < -0.39 is 33.9 Å². The van der Waals surface area contributed by atoms with Gasteiger partial charge in [0.25, 0.3) is 0 Å². The van der Waals surface area contributed by atoms with E-state index in [2.05, 4.69) is 33.9 Å². The molecule has 2 N–H and O–H groups in total. The first-order valence-electron chi connectivity index (χ1n) is 15.0. The van der Waals surface area contributed by atoms with Crippen molar-refractivity contribution in [1.29, 1.82) is 0 Å². The summed E-state index contributed by atoms with van der Waals surface area (Å²) in [5.41, 5.74) is 2.98. The zero-order chi connectivity index (χ0) is 37.1. The second-order valence-electron chi connectivity index (χ2n) is 11.2. The number of hydrogen-bond donors (Lipinski definition) is 2. The van der Waals surface area contributed by atoms with E-state index in [0.717, 1.165) is 29.0 Å². The summed E-state index contributed by atoms with van der Waals surface area (Å²) in [4.78, 5) is 11.0. The molecule has 0 fully saturated rings. The van der Waals surface area contributed by atoms with Gasteiger partial charge in [0, 0.05) is 31.6 Å². The number of carboxylic acids is 1. The number of aryl methyl sites for hydroxylation is 1. The molecule has 0 aromatic heterocycles. The second kappa shape index (κ2) is 17.6. The maximum atomic E-state index is 13.6. The Hall–Kier alpha value is -4.27. The van der Waals surface area contributed by atoms with Gasteiger partial charge in [0.05, 0.1) is 29.1 Å². The molecule has 15 heteroatoms. The van der Waals surface area contributed by atoms with Crippen molar-refractivity contribution in [3.8, 4) is 5.75 Å². The smallest absolute Gasteiger partial charge is 0.490 e. The van der Waals surface area contributed by atoms with Crippen molar-refractivity contribution in [1.82, 2.24) is 4.90 Å². The first kappa shape index (κ1) is 40.2. The van der Waals surface area contributed by atoms with Crippen LogP contribution < -0.4 is 9.46 Å². The summed E-state index contributed by atoms with van der Waals surface area (Å²) in [7, 11) is -3.44. The van der Waals surface area contributed by atoms with Crippen molar-refractivity contribution in [2.24, 2.45) is 0 Å². The standard InChI is InChI=1S/C33H34ClF3N2O3S.C2HF3O2/c1-24-17-18-28(38-43(2,40)41)21-31(24)42-20-10-19-39(22-27-15-9-16-30(32(27)34)33(35,36)37)23-29(25-11-5-3-6-12-25)26-13-7-4-8-14-26;3-2(4,5)1(6)7/h3-9,11-18,21,29,38H,10,19-20,22-23H2,1-2H3;(H,6,7). The molecule has 7 nitrogen and oxygen atoms in total. The number of halogens is 7. The van der Waals surface area contributed by atoms with Gasteiger partial charge in [-0.15, -0.1) is 0 Å². The molecule has 0 saturated heterocycles. The Labute approximate surface area is 291 Å². The highest BCUT2D eigenvalue weighted by Gasteiger charge is 2.38. The van der Waals surface area contributed by atoms with Gasteiger partial charge in [-0.05, 0) is 47.7 Å². The average molecular weight is 745 g/mol. The fourth-order valence-electron chi connectivity index (χ4n) is 4.93. The first-order chi connectivity index (χ1) is 23.3. The van der Waals surface area contributed by atoms with E-state index in [-0.39, 0.29) is 17.5 Å². The lowest BCUT2D eigenvalue weighted by Gasteiger charge is -2.29. The number of sulfonamides is 1. The SMILES string of the molecule is Cc1ccc(NS(C)(=O)=O)cc1OCCCN(Cc1cccc(C(F)(F)F)c1Cl)CC(c1ccccc1)c1ccccc1.O=C(O)C(F)(F)F. The van der Waals surface area contributed by atoms with Gasteiger partial charge in [0.1, 0.15) is 5.75 Å². The molecule has 0 radical (unpaired) electrons. The number of nitrogens with zero attached hydrogens (tertiary/aromatic N) is 1. The monoisotopic (exact) mass is 744 g/mol. The third kappa shape index (κ3) is 12.9. The highest BCUT2D eigenvalue weighted by molar-refractivity contribution is 7.92. The summed E-state index contributed by atoms with van der Waals surface area (Å²) in [5.74, 6) is -2.24. The van der Waals surface area contributed by atoms with E-state index in [4.69, 9.17) is 26.2 Å². The van der Waals surface area contributed by atoms with Gasteiger partial charge in [-0.1, -0.05) is 90.5 Å². The van der Waals surface area contributed by atoms with Crippen LogP contribution in [0.4, 0.5) is 32.0 Å². The van der Waals surface area contributed by atoms with E-state index >= 15 is 0 Å². The van der Waals surface area contributed by atoms with Gasteiger partial charge < -0.3 is 9.84 Å². The van der Waals surface area contributed by atoms with Crippen LogP contribution in [-0.4, -0.2) is 56.5 Å². The Morgan fingerprint density at radius 3 is 1.96 bits per heavy atom. The molecule has 50 heavy (non-hydrogen) atoms. The molecule has 270 valence electrons. The number of carboxylic acid groups (broad SMARTS) is 1. The summed E-state index contributed by atoms with van der Waals surface area (Å²) in [5, 5.41) is 6.83. The van der Waals surface area contributed by atoms with E-state index in [0.29, 0.717) is 43.1 Å². The number of aliphatic carboxylic acids is 1. The minimum atomic E-state index is -5.08. The van der Waals surface area contributed by atoms with Crippen LogP contribution in [-0.2, 0) is 27.5 Å². The van der Waals surface area contributed by atoms with Crippen molar-refractivity contribution in [3.05, 3.63) is 130 Å². The molecular formula is C35H35ClF6N2O5S. The van der Waals surface area contributed by atoms with Crippen LogP contribution in [0, 0.1) is 6.92 Å². The lowest BCUT2D eigenvalue weighted by Crippen LogP contribution is -2.31. The van der Waals surface area contributed by atoms with Crippen molar-refractivity contribution in [2.75, 3.05) is 30.7 Å². The van der Waals surface area contributed by atoms with Crippen molar-refractivity contribution in [3.63, 3.8) is 0 Å². The molecule has 0 aliphatic carbocycles. The van der Waals surface area contributed by atoms with Gasteiger partial charge in [0.15, 0.2) is 0 Å². The maximum Gasteiger partial charge on any atom is 0.490 e. The molecule has 0 spiro atoms. The Morgan fingerprint density at radius 2 is 1.46 bits per heavy atom. The van der Waals surface area contributed by atoms with Crippen molar-refractivity contribution in [2.45, 2.75) is 38.2 Å². The molecular weight excluding hydrogens is 710 g/mol. The predicted molar refractivity (Wildman–Crippen MR) is 180 cm³/mol. The second-order valence-corrected chi connectivity index (χ2v) is 13.4. The number of carbonyl (C=O) groups is 1. The van der Waals surface area contributed by atoms with E-state index in [1.165, 1.54) is 6.07 Å². The summed E-state index contributed by atoms with van der Waals surface area (Å²) in [6.07, 6.45) is -7.99. The summed E-state index contributed by atoms with van der Waals surface area (Å²) >= 11 is 6.31. The maximum absolute atomic E-state index is 13.6. The molecule has 4 rings (SSSR count). The molecule has 0 saturated carbocycles. The van der Waals surface area contributed by atoms with Gasteiger partial charge in [-0.2, -0.15) is 26.3 Å². The summed E-state index contributed by atoms with van der Waals surface area (Å²) in [6, 6.07) is 29.1. The predicted octanol–water partition coefficient (Wildman–Crippen LogP) is 8.78. The molecule has 0 aliphatic rings. The molecule has 0 heterocycles. The number of anilines is 1. The molecule has 0 amide bonds. The molecule has 0 unspecified atom stereocenters. The third-order valence-electron chi connectivity index (χ3n) is 7.23. The van der Waals surface area contributed by atoms with Crippen LogP contribution in [0.5, 0.6) is 5.75 Å². The highest BCUT2D eigenvalue weighted by Crippen LogP contribution is 2.37. The van der Waals surface area contributed by atoms with Gasteiger partial charge >= 0.3 is 18.3 Å². The molecule has 4 aromatic carbocycles. The fourth-order valence-corrected chi connectivity index (χ4v) is 5.78.